The Labute approximate surface area is 122 Å². The fourth-order valence-electron chi connectivity index (χ4n) is 2.41. The number of carbonyl (C=O) groups is 2. The van der Waals surface area contributed by atoms with Crippen LogP contribution in [0.4, 0.5) is 0 Å². The fraction of sp³-hybridized carbons (Fsp3) is 0.714. The quantitative estimate of drug-likeness (QED) is 0.436. The van der Waals surface area contributed by atoms with E-state index in [2.05, 4.69) is 36.4 Å². The summed E-state index contributed by atoms with van der Waals surface area (Å²) in [7, 11) is 1.36. The molecule has 1 atom stereocenters. The SMILES string of the molecule is COC(=O)C1(C/C=C(/C)I)CCC(C)(C)CC1=O. The van der Waals surface area contributed by atoms with Crippen molar-refractivity contribution in [3.8, 4) is 0 Å². The largest absolute Gasteiger partial charge is 0.468 e. The minimum atomic E-state index is -0.948. The van der Waals surface area contributed by atoms with E-state index >= 15 is 0 Å². The number of hydrogen-bond donors (Lipinski definition) is 0. The van der Waals surface area contributed by atoms with Gasteiger partial charge in [0.1, 0.15) is 5.41 Å². The van der Waals surface area contributed by atoms with Gasteiger partial charge in [0.15, 0.2) is 5.78 Å². The molecule has 0 heterocycles. The summed E-state index contributed by atoms with van der Waals surface area (Å²) >= 11 is 2.19. The van der Waals surface area contributed by atoms with Crippen LogP contribution in [0.3, 0.4) is 0 Å². The van der Waals surface area contributed by atoms with Gasteiger partial charge >= 0.3 is 5.97 Å². The van der Waals surface area contributed by atoms with Crippen molar-refractivity contribution in [2.24, 2.45) is 10.8 Å². The number of methoxy groups -OCH3 is 1. The Kier molecular flexibility index (Phi) is 4.98. The standard InChI is InChI=1S/C14H21IO3/c1-10(15)5-6-14(12(17)18-4)8-7-13(2,3)9-11(14)16/h5H,6-9H2,1-4H3/b10-5-. The first-order valence-electron chi connectivity index (χ1n) is 6.17. The lowest BCUT2D eigenvalue weighted by molar-refractivity contribution is -0.162. The second kappa shape index (κ2) is 5.72. The van der Waals surface area contributed by atoms with Gasteiger partial charge in [-0.15, -0.1) is 0 Å². The molecule has 1 saturated carbocycles. The zero-order chi connectivity index (χ0) is 14.0. The number of ether oxygens (including phenoxy) is 1. The predicted molar refractivity (Wildman–Crippen MR) is 79.5 cm³/mol. The summed E-state index contributed by atoms with van der Waals surface area (Å²) in [4.78, 5) is 24.5. The summed E-state index contributed by atoms with van der Waals surface area (Å²) in [6.07, 6.45) is 4.33. The molecule has 0 spiro atoms. The Morgan fingerprint density at radius 2 is 2.06 bits per heavy atom. The van der Waals surface area contributed by atoms with Crippen LogP contribution in [0.5, 0.6) is 0 Å². The molecule has 1 aliphatic carbocycles. The van der Waals surface area contributed by atoms with Crippen LogP contribution in [-0.2, 0) is 14.3 Å². The average molecular weight is 364 g/mol. The van der Waals surface area contributed by atoms with E-state index < -0.39 is 5.41 Å². The van der Waals surface area contributed by atoms with Crippen LogP contribution in [0.25, 0.3) is 0 Å². The van der Waals surface area contributed by atoms with Gasteiger partial charge in [-0.2, -0.15) is 0 Å². The van der Waals surface area contributed by atoms with Crippen LogP contribution in [-0.4, -0.2) is 18.9 Å². The molecule has 1 unspecified atom stereocenters. The maximum absolute atomic E-state index is 12.4. The van der Waals surface area contributed by atoms with Crippen molar-refractivity contribution < 1.29 is 14.3 Å². The van der Waals surface area contributed by atoms with E-state index in [1.165, 1.54) is 7.11 Å². The van der Waals surface area contributed by atoms with E-state index in [1.807, 2.05) is 13.0 Å². The molecule has 1 fully saturated rings. The monoisotopic (exact) mass is 364 g/mol. The highest BCUT2D eigenvalue weighted by Gasteiger charge is 2.50. The van der Waals surface area contributed by atoms with Gasteiger partial charge in [0.25, 0.3) is 0 Å². The normalized spacial score (nSPS) is 28.1. The van der Waals surface area contributed by atoms with E-state index in [1.54, 1.807) is 0 Å². The zero-order valence-electron chi connectivity index (χ0n) is 11.5. The molecule has 0 aromatic heterocycles. The average Bonchev–Trinajstić information content (AvgIpc) is 2.26. The van der Waals surface area contributed by atoms with Crippen LogP contribution in [0.15, 0.2) is 9.66 Å². The van der Waals surface area contributed by atoms with E-state index in [0.29, 0.717) is 19.3 Å². The van der Waals surface area contributed by atoms with Crippen molar-refractivity contribution in [1.82, 2.24) is 0 Å². The molecule has 0 saturated heterocycles. The van der Waals surface area contributed by atoms with Gasteiger partial charge in [-0.25, -0.2) is 0 Å². The van der Waals surface area contributed by atoms with Crippen molar-refractivity contribution >= 4 is 34.3 Å². The first kappa shape index (κ1) is 15.7. The molecule has 1 rings (SSSR count). The molecule has 3 nitrogen and oxygen atoms in total. The van der Waals surface area contributed by atoms with Crippen LogP contribution < -0.4 is 0 Å². The molecule has 0 radical (unpaired) electrons. The number of esters is 1. The lowest BCUT2D eigenvalue weighted by Crippen LogP contribution is -2.46. The molecule has 0 amide bonds. The molecule has 0 aliphatic heterocycles. The minimum absolute atomic E-state index is 0.00229. The van der Waals surface area contributed by atoms with Crippen LogP contribution in [0.1, 0.15) is 46.5 Å². The Balaban J connectivity index is 3.03. The summed E-state index contributed by atoms with van der Waals surface area (Å²) in [6.45, 7) is 6.11. The number of ketones is 1. The minimum Gasteiger partial charge on any atom is -0.468 e. The van der Waals surface area contributed by atoms with Crippen LogP contribution in [0, 0.1) is 10.8 Å². The summed E-state index contributed by atoms with van der Waals surface area (Å²) in [5, 5.41) is 0. The third-order valence-corrected chi connectivity index (χ3v) is 4.15. The number of rotatable bonds is 3. The van der Waals surface area contributed by atoms with Crippen molar-refractivity contribution in [2.45, 2.75) is 46.5 Å². The Bertz CT molecular complexity index is 381. The summed E-state index contributed by atoms with van der Waals surface area (Å²) < 4.78 is 5.96. The third-order valence-electron chi connectivity index (χ3n) is 3.71. The number of Topliss-reactive ketones (excluding diaryl/α,β-unsaturated/α-hetero) is 1. The number of allylic oxidation sites excluding steroid dienone is 2. The topological polar surface area (TPSA) is 43.4 Å². The zero-order valence-corrected chi connectivity index (χ0v) is 13.7. The lowest BCUT2D eigenvalue weighted by atomic mass is 9.63. The second-order valence-electron chi connectivity index (χ2n) is 5.83. The summed E-state index contributed by atoms with van der Waals surface area (Å²) in [5.74, 6) is -0.351. The van der Waals surface area contributed by atoms with Crippen LogP contribution in [0.2, 0.25) is 0 Å². The summed E-state index contributed by atoms with van der Waals surface area (Å²) in [6, 6.07) is 0. The van der Waals surface area contributed by atoms with Gasteiger partial charge in [0.2, 0.25) is 0 Å². The molecular weight excluding hydrogens is 343 g/mol. The molecule has 0 bridgehead atoms. The fourth-order valence-corrected chi connectivity index (χ4v) is 2.63. The van der Waals surface area contributed by atoms with Gasteiger partial charge in [-0.1, -0.05) is 19.9 Å². The van der Waals surface area contributed by atoms with Gasteiger partial charge in [-0.3, -0.25) is 9.59 Å². The van der Waals surface area contributed by atoms with E-state index in [-0.39, 0.29) is 17.2 Å². The Hall–Kier alpha value is -0.390. The van der Waals surface area contributed by atoms with Gasteiger partial charge in [-0.05, 0) is 57.8 Å². The van der Waals surface area contributed by atoms with Crippen LogP contribution >= 0.6 is 22.6 Å². The Morgan fingerprint density at radius 1 is 1.44 bits per heavy atom. The van der Waals surface area contributed by atoms with Crippen molar-refractivity contribution in [2.75, 3.05) is 7.11 Å². The maximum atomic E-state index is 12.4. The molecule has 1 aliphatic rings. The van der Waals surface area contributed by atoms with Crippen molar-refractivity contribution in [3.63, 3.8) is 0 Å². The molecule has 0 N–H and O–H groups in total. The van der Waals surface area contributed by atoms with Crippen molar-refractivity contribution in [1.29, 1.82) is 0 Å². The van der Waals surface area contributed by atoms with E-state index in [0.717, 1.165) is 10.0 Å². The Morgan fingerprint density at radius 3 is 2.50 bits per heavy atom. The van der Waals surface area contributed by atoms with E-state index in [4.69, 9.17) is 4.74 Å². The second-order valence-corrected chi connectivity index (χ2v) is 7.53. The van der Waals surface area contributed by atoms with Gasteiger partial charge < -0.3 is 4.74 Å². The molecular formula is C14H21IO3. The first-order chi connectivity index (χ1) is 8.23. The molecule has 102 valence electrons. The smallest absolute Gasteiger partial charge is 0.319 e. The van der Waals surface area contributed by atoms with E-state index in [9.17, 15) is 9.59 Å². The van der Waals surface area contributed by atoms with Crippen molar-refractivity contribution in [3.05, 3.63) is 9.66 Å². The van der Waals surface area contributed by atoms with Gasteiger partial charge in [0.05, 0.1) is 7.11 Å². The maximum Gasteiger partial charge on any atom is 0.319 e. The molecule has 0 aromatic rings. The molecule has 0 aromatic carbocycles. The lowest BCUT2D eigenvalue weighted by Gasteiger charge is -2.39. The predicted octanol–water partition coefficient (Wildman–Crippen LogP) is 3.65. The van der Waals surface area contributed by atoms with Gasteiger partial charge in [0, 0.05) is 6.42 Å². The third kappa shape index (κ3) is 3.33. The highest BCUT2D eigenvalue weighted by atomic mass is 127. The number of carbonyl (C=O) groups excluding carboxylic acids is 2. The number of halogens is 1. The first-order valence-corrected chi connectivity index (χ1v) is 7.25. The summed E-state index contributed by atoms with van der Waals surface area (Å²) in [5.41, 5.74) is -0.950. The molecule has 4 heteroatoms. The highest BCUT2D eigenvalue weighted by molar-refractivity contribution is 14.1. The number of hydrogen-bond acceptors (Lipinski definition) is 3. The highest BCUT2D eigenvalue weighted by Crippen LogP contribution is 2.45. The molecule has 18 heavy (non-hydrogen) atoms.